The molecule has 6 heteroatoms. The Morgan fingerprint density at radius 3 is 2.33 bits per heavy atom. The van der Waals surface area contributed by atoms with E-state index in [1.807, 2.05) is 6.92 Å². The van der Waals surface area contributed by atoms with Gasteiger partial charge in [0.05, 0.1) is 0 Å². The number of anilines is 1. The van der Waals surface area contributed by atoms with Gasteiger partial charge >= 0.3 is 5.97 Å². The Labute approximate surface area is 122 Å². The van der Waals surface area contributed by atoms with Gasteiger partial charge in [-0.15, -0.1) is 0 Å². The molecule has 21 heavy (non-hydrogen) atoms. The van der Waals surface area contributed by atoms with E-state index in [-0.39, 0.29) is 5.91 Å². The Kier molecular flexibility index (Phi) is 3.72. The van der Waals surface area contributed by atoms with Gasteiger partial charge in [-0.25, -0.2) is 0 Å². The monoisotopic (exact) mass is 290 g/mol. The predicted molar refractivity (Wildman–Crippen MR) is 77.1 cm³/mol. The largest absolute Gasteiger partial charge is 0.480 e. The summed E-state index contributed by atoms with van der Waals surface area (Å²) in [5, 5.41) is 11.7. The second kappa shape index (κ2) is 5.20. The molecule has 1 fully saturated rings. The van der Waals surface area contributed by atoms with E-state index < -0.39 is 17.3 Å². The highest BCUT2D eigenvalue weighted by atomic mass is 16.4. The normalized spacial score (nSPS) is 15.2. The van der Waals surface area contributed by atoms with Gasteiger partial charge in [0.2, 0.25) is 5.91 Å². The number of nitrogens with one attached hydrogen (secondary N) is 1. The minimum atomic E-state index is -1.30. The molecule has 0 atom stereocenters. The van der Waals surface area contributed by atoms with Gasteiger partial charge in [-0.3, -0.25) is 14.4 Å². The number of hydrogen-bond acceptors (Lipinski definition) is 3. The van der Waals surface area contributed by atoms with Gasteiger partial charge in [0, 0.05) is 25.3 Å². The highest BCUT2D eigenvalue weighted by Gasteiger charge is 2.57. The third kappa shape index (κ3) is 2.74. The van der Waals surface area contributed by atoms with E-state index in [1.54, 1.807) is 32.3 Å². The van der Waals surface area contributed by atoms with Crippen molar-refractivity contribution in [3.05, 3.63) is 29.3 Å². The van der Waals surface area contributed by atoms with Crippen LogP contribution in [0.5, 0.6) is 0 Å². The molecule has 2 N–H and O–H groups in total. The number of carboxylic acids is 1. The van der Waals surface area contributed by atoms with E-state index >= 15 is 0 Å². The standard InChI is InChI=1S/C15H18N2O4/c1-9-4-5-10(8-11(9)12(18)17(2)3)16-13(19)15(6-7-15)14(20)21/h4-5,8H,6-7H2,1-3H3,(H,16,19)(H,20,21). The molecule has 2 rings (SSSR count). The summed E-state index contributed by atoms with van der Waals surface area (Å²) in [6.07, 6.45) is 0.701. The molecule has 0 spiro atoms. The lowest BCUT2D eigenvalue weighted by Gasteiger charge is -2.15. The number of rotatable bonds is 4. The van der Waals surface area contributed by atoms with Crippen LogP contribution >= 0.6 is 0 Å². The lowest BCUT2D eigenvalue weighted by molar-refractivity contribution is -0.147. The van der Waals surface area contributed by atoms with Gasteiger partial charge in [-0.2, -0.15) is 0 Å². The van der Waals surface area contributed by atoms with E-state index in [2.05, 4.69) is 5.32 Å². The van der Waals surface area contributed by atoms with Crippen LogP contribution in [0.15, 0.2) is 18.2 Å². The van der Waals surface area contributed by atoms with Crippen LogP contribution < -0.4 is 5.32 Å². The maximum absolute atomic E-state index is 12.1. The number of aliphatic carboxylic acids is 1. The summed E-state index contributed by atoms with van der Waals surface area (Å²) >= 11 is 0. The lowest BCUT2D eigenvalue weighted by atomic mass is 10.0. The summed E-state index contributed by atoms with van der Waals surface area (Å²) in [4.78, 5) is 36.7. The van der Waals surface area contributed by atoms with E-state index in [0.717, 1.165) is 5.56 Å². The second-order valence-electron chi connectivity index (χ2n) is 5.57. The summed E-state index contributed by atoms with van der Waals surface area (Å²) in [5.74, 6) is -1.79. The van der Waals surface area contributed by atoms with Crippen molar-refractivity contribution in [2.45, 2.75) is 19.8 Å². The molecule has 0 saturated heterocycles. The Balaban J connectivity index is 2.22. The second-order valence-corrected chi connectivity index (χ2v) is 5.57. The molecule has 1 aliphatic rings. The highest BCUT2D eigenvalue weighted by Crippen LogP contribution is 2.46. The van der Waals surface area contributed by atoms with E-state index in [1.165, 1.54) is 4.90 Å². The maximum Gasteiger partial charge on any atom is 0.319 e. The Bertz CT molecular complexity index is 618. The quantitative estimate of drug-likeness (QED) is 0.823. The maximum atomic E-state index is 12.1. The smallest absolute Gasteiger partial charge is 0.319 e. The first-order chi connectivity index (χ1) is 9.78. The van der Waals surface area contributed by atoms with Crippen molar-refractivity contribution >= 4 is 23.5 Å². The molecule has 0 radical (unpaired) electrons. The average molecular weight is 290 g/mol. The van der Waals surface area contributed by atoms with Crippen LogP contribution in [0.4, 0.5) is 5.69 Å². The molecule has 2 amide bonds. The van der Waals surface area contributed by atoms with Crippen LogP contribution in [0.2, 0.25) is 0 Å². The van der Waals surface area contributed by atoms with Crippen molar-refractivity contribution in [1.29, 1.82) is 0 Å². The fraction of sp³-hybridized carbons (Fsp3) is 0.400. The number of amides is 2. The zero-order valence-electron chi connectivity index (χ0n) is 12.3. The molecule has 6 nitrogen and oxygen atoms in total. The molecule has 112 valence electrons. The average Bonchev–Trinajstić information content (AvgIpc) is 3.21. The Hall–Kier alpha value is -2.37. The molecule has 1 aliphatic carbocycles. The molecular weight excluding hydrogens is 272 g/mol. The van der Waals surface area contributed by atoms with Gasteiger partial charge in [0.1, 0.15) is 5.41 Å². The minimum Gasteiger partial charge on any atom is -0.480 e. The zero-order valence-corrected chi connectivity index (χ0v) is 12.3. The number of benzene rings is 1. The van der Waals surface area contributed by atoms with Crippen LogP contribution in [0.1, 0.15) is 28.8 Å². The van der Waals surface area contributed by atoms with Gasteiger partial charge in [0.15, 0.2) is 0 Å². The lowest BCUT2D eigenvalue weighted by Crippen LogP contribution is -2.31. The fourth-order valence-electron chi connectivity index (χ4n) is 2.08. The van der Waals surface area contributed by atoms with Gasteiger partial charge in [-0.1, -0.05) is 6.07 Å². The molecule has 0 bridgehead atoms. The topological polar surface area (TPSA) is 86.7 Å². The molecule has 0 heterocycles. The van der Waals surface area contributed by atoms with E-state index in [9.17, 15) is 14.4 Å². The van der Waals surface area contributed by atoms with Gasteiger partial charge in [-0.05, 0) is 37.5 Å². The summed E-state index contributed by atoms with van der Waals surface area (Å²) in [5.41, 5.74) is 0.420. The summed E-state index contributed by atoms with van der Waals surface area (Å²) < 4.78 is 0. The molecule has 0 unspecified atom stereocenters. The van der Waals surface area contributed by atoms with Crippen LogP contribution in [0.3, 0.4) is 0 Å². The van der Waals surface area contributed by atoms with Crippen molar-refractivity contribution < 1.29 is 19.5 Å². The molecule has 0 aromatic heterocycles. The SMILES string of the molecule is Cc1ccc(NC(=O)C2(C(=O)O)CC2)cc1C(=O)N(C)C. The first-order valence-electron chi connectivity index (χ1n) is 6.65. The van der Waals surface area contributed by atoms with Crippen molar-refractivity contribution in [3.63, 3.8) is 0 Å². The van der Waals surface area contributed by atoms with Crippen LogP contribution in [-0.4, -0.2) is 41.9 Å². The first-order valence-corrected chi connectivity index (χ1v) is 6.65. The number of carboxylic acid groups (broad SMARTS) is 1. The minimum absolute atomic E-state index is 0.164. The zero-order chi connectivity index (χ0) is 15.8. The number of carbonyl (C=O) groups is 3. The van der Waals surface area contributed by atoms with Gasteiger partial charge in [0.25, 0.3) is 5.91 Å². The van der Waals surface area contributed by atoms with Crippen molar-refractivity contribution in [3.8, 4) is 0 Å². The molecular formula is C15H18N2O4. The van der Waals surface area contributed by atoms with Gasteiger partial charge < -0.3 is 15.3 Å². The first kappa shape index (κ1) is 15.0. The Morgan fingerprint density at radius 1 is 1.24 bits per heavy atom. The summed E-state index contributed by atoms with van der Waals surface area (Å²) in [7, 11) is 3.30. The predicted octanol–water partition coefficient (Wildman–Crippen LogP) is 1.50. The molecule has 1 saturated carbocycles. The molecule has 1 aromatic carbocycles. The fourth-order valence-corrected chi connectivity index (χ4v) is 2.08. The van der Waals surface area contributed by atoms with Crippen LogP contribution in [-0.2, 0) is 9.59 Å². The van der Waals surface area contributed by atoms with Crippen molar-refractivity contribution in [1.82, 2.24) is 4.90 Å². The number of carbonyl (C=O) groups excluding carboxylic acids is 2. The van der Waals surface area contributed by atoms with E-state index in [0.29, 0.717) is 24.1 Å². The van der Waals surface area contributed by atoms with E-state index in [4.69, 9.17) is 5.11 Å². The van der Waals surface area contributed by atoms with Crippen LogP contribution in [0.25, 0.3) is 0 Å². The number of nitrogens with zero attached hydrogens (tertiary/aromatic N) is 1. The third-order valence-electron chi connectivity index (χ3n) is 3.73. The number of aryl methyl sites for hydroxylation is 1. The summed E-state index contributed by atoms with van der Waals surface area (Å²) in [6.45, 7) is 1.81. The third-order valence-corrected chi connectivity index (χ3v) is 3.73. The Morgan fingerprint density at radius 2 is 1.86 bits per heavy atom. The molecule has 0 aliphatic heterocycles. The van der Waals surface area contributed by atoms with Crippen molar-refractivity contribution in [2.75, 3.05) is 19.4 Å². The van der Waals surface area contributed by atoms with Crippen LogP contribution in [0, 0.1) is 12.3 Å². The van der Waals surface area contributed by atoms with Crippen molar-refractivity contribution in [2.24, 2.45) is 5.41 Å². The summed E-state index contributed by atoms with van der Waals surface area (Å²) in [6, 6.07) is 4.97. The number of hydrogen-bond donors (Lipinski definition) is 2. The molecule has 1 aromatic rings. The highest BCUT2D eigenvalue weighted by molar-refractivity contribution is 6.11.